The van der Waals surface area contributed by atoms with Crippen LogP contribution in [0.2, 0.25) is 5.02 Å². The van der Waals surface area contributed by atoms with Crippen molar-refractivity contribution < 1.29 is 4.74 Å². The summed E-state index contributed by atoms with van der Waals surface area (Å²) in [6.45, 7) is 6.08. The fourth-order valence-corrected chi connectivity index (χ4v) is 2.28. The van der Waals surface area contributed by atoms with Crippen LogP contribution in [0.4, 0.5) is 0 Å². The highest BCUT2D eigenvalue weighted by Gasteiger charge is 2.18. The Balaban J connectivity index is 2.64. The molecule has 0 aliphatic heterocycles. The van der Waals surface area contributed by atoms with Crippen LogP contribution in [0.25, 0.3) is 5.69 Å². The molecule has 0 aliphatic rings. The van der Waals surface area contributed by atoms with E-state index in [0.29, 0.717) is 28.8 Å². The number of halogens is 1. The molecule has 0 amide bonds. The quantitative estimate of drug-likeness (QED) is 0.869. The van der Waals surface area contributed by atoms with E-state index in [2.05, 4.69) is 30.2 Å². The maximum absolute atomic E-state index is 9.20. The lowest BCUT2D eigenvalue weighted by Crippen LogP contribution is -2.08. The summed E-state index contributed by atoms with van der Waals surface area (Å²) in [6.07, 6.45) is 0.709. The second-order valence-corrected chi connectivity index (χ2v) is 5.69. The number of nitrogens with zero attached hydrogens (tertiary/aromatic N) is 4. The minimum atomic E-state index is 0.346. The van der Waals surface area contributed by atoms with Crippen molar-refractivity contribution >= 4 is 11.6 Å². The molecular weight excluding hydrogens is 288 g/mol. The fraction of sp³-hybridized carbons (Fsp3) is 0.400. The van der Waals surface area contributed by atoms with Gasteiger partial charge in [-0.05, 0) is 30.9 Å². The normalized spacial score (nSPS) is 10.7. The Labute approximate surface area is 129 Å². The molecule has 1 aromatic carbocycles. The van der Waals surface area contributed by atoms with Crippen molar-refractivity contribution in [2.45, 2.75) is 27.2 Å². The molecule has 0 saturated carbocycles. The van der Waals surface area contributed by atoms with Crippen LogP contribution in [0.5, 0.6) is 5.75 Å². The molecule has 0 saturated heterocycles. The summed E-state index contributed by atoms with van der Waals surface area (Å²) in [4.78, 5) is 0. The molecule has 6 heteroatoms. The lowest BCUT2D eigenvalue weighted by Gasteiger charge is -2.13. The number of benzene rings is 1. The number of nitriles is 1. The van der Waals surface area contributed by atoms with Crippen LogP contribution in [0, 0.1) is 24.2 Å². The van der Waals surface area contributed by atoms with Gasteiger partial charge in [0.1, 0.15) is 17.5 Å². The van der Waals surface area contributed by atoms with E-state index < -0.39 is 0 Å². The highest BCUT2D eigenvalue weighted by Crippen LogP contribution is 2.30. The summed E-state index contributed by atoms with van der Waals surface area (Å²) in [7, 11) is 1.58. The van der Waals surface area contributed by atoms with Crippen molar-refractivity contribution in [1.29, 1.82) is 5.26 Å². The lowest BCUT2D eigenvalue weighted by atomic mass is 10.1. The number of aromatic nitrogens is 3. The van der Waals surface area contributed by atoms with E-state index in [0.717, 1.165) is 16.9 Å². The minimum Gasteiger partial charge on any atom is -0.494 e. The predicted octanol–water partition coefficient (Wildman–Crippen LogP) is 3.31. The summed E-state index contributed by atoms with van der Waals surface area (Å²) in [5.41, 5.74) is 2.78. The van der Waals surface area contributed by atoms with Crippen LogP contribution >= 0.6 is 11.6 Å². The van der Waals surface area contributed by atoms with Gasteiger partial charge in [-0.2, -0.15) is 5.26 Å². The molecule has 0 N–H and O–H groups in total. The van der Waals surface area contributed by atoms with Gasteiger partial charge >= 0.3 is 0 Å². The summed E-state index contributed by atoms with van der Waals surface area (Å²) in [5, 5.41) is 17.9. The average Bonchev–Trinajstić information content (AvgIpc) is 2.83. The van der Waals surface area contributed by atoms with Gasteiger partial charge in [-0.15, -0.1) is 5.10 Å². The van der Waals surface area contributed by atoms with Crippen molar-refractivity contribution in [2.24, 2.45) is 5.92 Å². The summed E-state index contributed by atoms with van der Waals surface area (Å²) in [6, 6.07) is 5.73. The van der Waals surface area contributed by atoms with Gasteiger partial charge in [-0.1, -0.05) is 30.7 Å². The maximum atomic E-state index is 9.20. The Hall–Kier alpha value is -2.06. The summed E-state index contributed by atoms with van der Waals surface area (Å²) >= 11 is 6.13. The van der Waals surface area contributed by atoms with Gasteiger partial charge in [0.25, 0.3) is 0 Å². The zero-order valence-corrected chi connectivity index (χ0v) is 13.3. The molecule has 0 fully saturated rings. The molecule has 0 aliphatic carbocycles. The average molecular weight is 305 g/mol. The number of rotatable bonds is 4. The minimum absolute atomic E-state index is 0.346. The van der Waals surface area contributed by atoms with Crippen LogP contribution in [0.15, 0.2) is 12.1 Å². The number of hydrogen-bond donors (Lipinski definition) is 0. The molecule has 1 aromatic heterocycles. The first kappa shape index (κ1) is 15.3. The standard InChI is InChI=1S/C15H17ClN4O/c1-9(2)5-13-12(8-17)18-19-20(13)14-6-10(3)11(16)7-15(14)21-4/h6-7,9H,5H2,1-4H3. The molecule has 0 radical (unpaired) electrons. The van der Waals surface area contributed by atoms with Gasteiger partial charge in [0, 0.05) is 11.1 Å². The Morgan fingerprint density at radius 2 is 2.14 bits per heavy atom. The van der Waals surface area contributed by atoms with Crippen LogP contribution < -0.4 is 4.74 Å². The van der Waals surface area contributed by atoms with Crippen LogP contribution in [-0.4, -0.2) is 22.1 Å². The Kier molecular flexibility index (Phi) is 4.49. The number of aryl methyl sites for hydroxylation is 1. The van der Waals surface area contributed by atoms with E-state index in [4.69, 9.17) is 16.3 Å². The molecule has 1 heterocycles. The molecule has 2 aromatic rings. The highest BCUT2D eigenvalue weighted by atomic mass is 35.5. The van der Waals surface area contributed by atoms with Gasteiger partial charge < -0.3 is 4.74 Å². The Morgan fingerprint density at radius 1 is 1.43 bits per heavy atom. The van der Waals surface area contributed by atoms with Crippen molar-refractivity contribution in [3.05, 3.63) is 34.1 Å². The first-order valence-electron chi connectivity index (χ1n) is 6.67. The summed E-state index contributed by atoms with van der Waals surface area (Å²) < 4.78 is 7.05. The molecule has 0 unspecified atom stereocenters. The fourth-order valence-electron chi connectivity index (χ4n) is 2.13. The SMILES string of the molecule is COc1cc(Cl)c(C)cc1-n1nnc(C#N)c1CC(C)C. The van der Waals surface area contributed by atoms with Gasteiger partial charge in [0.15, 0.2) is 5.69 Å². The zero-order chi connectivity index (χ0) is 15.6. The second-order valence-electron chi connectivity index (χ2n) is 5.28. The van der Waals surface area contributed by atoms with Gasteiger partial charge in [0.05, 0.1) is 12.8 Å². The van der Waals surface area contributed by atoms with E-state index >= 15 is 0 Å². The highest BCUT2D eigenvalue weighted by molar-refractivity contribution is 6.31. The van der Waals surface area contributed by atoms with E-state index in [-0.39, 0.29) is 0 Å². The summed E-state index contributed by atoms with van der Waals surface area (Å²) in [5.74, 6) is 0.985. The topological polar surface area (TPSA) is 63.7 Å². The smallest absolute Gasteiger partial charge is 0.186 e. The number of ether oxygens (including phenoxy) is 1. The van der Waals surface area contributed by atoms with Gasteiger partial charge in [-0.3, -0.25) is 0 Å². The van der Waals surface area contributed by atoms with Crippen molar-refractivity contribution in [2.75, 3.05) is 7.11 Å². The first-order chi connectivity index (χ1) is 9.97. The van der Waals surface area contributed by atoms with Crippen LogP contribution in [-0.2, 0) is 6.42 Å². The van der Waals surface area contributed by atoms with Gasteiger partial charge in [0.2, 0.25) is 0 Å². The van der Waals surface area contributed by atoms with Crippen LogP contribution in [0.1, 0.15) is 30.8 Å². The van der Waals surface area contributed by atoms with Crippen molar-refractivity contribution in [3.8, 4) is 17.5 Å². The van der Waals surface area contributed by atoms with Crippen molar-refractivity contribution in [1.82, 2.24) is 15.0 Å². The molecule has 110 valence electrons. The molecule has 0 spiro atoms. The largest absolute Gasteiger partial charge is 0.494 e. The molecule has 0 atom stereocenters. The third kappa shape index (κ3) is 3.01. The number of methoxy groups -OCH3 is 1. The number of hydrogen-bond acceptors (Lipinski definition) is 4. The van der Waals surface area contributed by atoms with E-state index in [1.165, 1.54) is 0 Å². The molecule has 5 nitrogen and oxygen atoms in total. The van der Waals surface area contributed by atoms with Gasteiger partial charge in [-0.25, -0.2) is 4.68 Å². The monoisotopic (exact) mass is 304 g/mol. The molecule has 2 rings (SSSR count). The molecule has 21 heavy (non-hydrogen) atoms. The second kappa shape index (κ2) is 6.15. The van der Waals surface area contributed by atoms with E-state index in [1.807, 2.05) is 13.0 Å². The molecular formula is C15H17ClN4O. The van der Waals surface area contributed by atoms with E-state index in [1.54, 1.807) is 17.9 Å². The lowest BCUT2D eigenvalue weighted by molar-refractivity contribution is 0.410. The third-order valence-electron chi connectivity index (χ3n) is 3.16. The molecule has 0 bridgehead atoms. The first-order valence-corrected chi connectivity index (χ1v) is 7.04. The Bertz CT molecular complexity index is 700. The maximum Gasteiger partial charge on any atom is 0.186 e. The predicted molar refractivity (Wildman–Crippen MR) is 80.9 cm³/mol. The zero-order valence-electron chi connectivity index (χ0n) is 12.5. The van der Waals surface area contributed by atoms with E-state index in [9.17, 15) is 5.26 Å². The Morgan fingerprint density at radius 3 is 2.71 bits per heavy atom. The van der Waals surface area contributed by atoms with Crippen molar-refractivity contribution in [3.63, 3.8) is 0 Å². The third-order valence-corrected chi connectivity index (χ3v) is 3.57. The van der Waals surface area contributed by atoms with Crippen LogP contribution in [0.3, 0.4) is 0 Å².